The molecule has 24 heavy (non-hydrogen) atoms. The number of methoxy groups -OCH3 is 1. The lowest BCUT2D eigenvalue weighted by molar-refractivity contribution is -0.127. The first-order valence-electron chi connectivity index (χ1n) is 7.28. The van der Waals surface area contributed by atoms with E-state index in [1.165, 1.54) is 11.8 Å². The van der Waals surface area contributed by atoms with Crippen molar-refractivity contribution in [3.8, 4) is 17.2 Å². The van der Waals surface area contributed by atoms with Gasteiger partial charge in [0.2, 0.25) is 11.8 Å². The van der Waals surface area contributed by atoms with Gasteiger partial charge in [-0.25, -0.2) is 0 Å². The molecule has 7 heteroatoms. The summed E-state index contributed by atoms with van der Waals surface area (Å²) in [5, 5.41) is 8.32. The number of hydrogen-bond acceptors (Lipinski definition) is 6. The van der Waals surface area contributed by atoms with Crippen molar-refractivity contribution in [2.75, 3.05) is 26.0 Å². The van der Waals surface area contributed by atoms with E-state index in [1.807, 2.05) is 24.3 Å². The minimum absolute atomic E-state index is 0.0380. The maximum absolute atomic E-state index is 12.1. The zero-order valence-electron chi connectivity index (χ0n) is 13.5. The van der Waals surface area contributed by atoms with Crippen molar-refractivity contribution in [1.29, 1.82) is 0 Å². The van der Waals surface area contributed by atoms with E-state index in [0.29, 0.717) is 24.2 Å². The Hall–Kier alpha value is -2.54. The van der Waals surface area contributed by atoms with Crippen LogP contribution >= 0.6 is 11.8 Å². The SMILES string of the molecule is C=CCN(CC=C)C(=O)CSc1nnc(-c2ccc(OC)cc2)o1. The number of rotatable bonds is 9. The van der Waals surface area contributed by atoms with E-state index in [4.69, 9.17) is 9.15 Å². The highest BCUT2D eigenvalue weighted by molar-refractivity contribution is 7.99. The highest BCUT2D eigenvalue weighted by Gasteiger charge is 2.14. The number of benzene rings is 1. The molecule has 1 amide bonds. The molecule has 1 aromatic carbocycles. The summed E-state index contributed by atoms with van der Waals surface area (Å²) < 4.78 is 10.7. The van der Waals surface area contributed by atoms with Gasteiger partial charge in [-0.1, -0.05) is 23.9 Å². The average Bonchev–Trinajstić information content (AvgIpc) is 3.08. The summed E-state index contributed by atoms with van der Waals surface area (Å²) in [7, 11) is 1.61. The molecule has 1 heterocycles. The molecular formula is C17H19N3O3S. The first-order valence-corrected chi connectivity index (χ1v) is 8.26. The molecule has 126 valence electrons. The van der Waals surface area contributed by atoms with Crippen molar-refractivity contribution < 1.29 is 13.9 Å². The van der Waals surface area contributed by atoms with Crippen molar-refractivity contribution in [3.05, 3.63) is 49.6 Å². The fraction of sp³-hybridized carbons (Fsp3) is 0.235. The third-order valence-electron chi connectivity index (χ3n) is 3.11. The fourth-order valence-electron chi connectivity index (χ4n) is 1.92. The van der Waals surface area contributed by atoms with Crippen LogP contribution in [0.5, 0.6) is 5.75 Å². The summed E-state index contributed by atoms with van der Waals surface area (Å²) in [6.45, 7) is 8.25. The van der Waals surface area contributed by atoms with Crippen LogP contribution < -0.4 is 4.74 Å². The van der Waals surface area contributed by atoms with Crippen LogP contribution in [0, 0.1) is 0 Å². The highest BCUT2D eigenvalue weighted by Crippen LogP contribution is 2.25. The molecule has 0 fully saturated rings. The summed E-state index contributed by atoms with van der Waals surface area (Å²) in [4.78, 5) is 13.8. The molecule has 0 aliphatic heterocycles. The zero-order valence-corrected chi connectivity index (χ0v) is 14.3. The molecule has 0 aliphatic rings. The number of thioether (sulfide) groups is 1. The number of ether oxygens (including phenoxy) is 1. The van der Waals surface area contributed by atoms with Gasteiger partial charge in [-0.3, -0.25) is 4.79 Å². The molecule has 0 atom stereocenters. The Bertz CT molecular complexity index is 687. The molecular weight excluding hydrogens is 326 g/mol. The molecule has 0 unspecified atom stereocenters. The number of aromatic nitrogens is 2. The molecule has 1 aromatic heterocycles. The van der Waals surface area contributed by atoms with Crippen molar-refractivity contribution in [1.82, 2.24) is 15.1 Å². The summed E-state index contributed by atoms with van der Waals surface area (Å²) in [5.74, 6) is 1.33. The van der Waals surface area contributed by atoms with Gasteiger partial charge in [0.25, 0.3) is 5.22 Å². The smallest absolute Gasteiger partial charge is 0.277 e. The minimum atomic E-state index is -0.0380. The van der Waals surface area contributed by atoms with Crippen molar-refractivity contribution in [2.24, 2.45) is 0 Å². The van der Waals surface area contributed by atoms with Crippen LogP contribution in [0.3, 0.4) is 0 Å². The lowest BCUT2D eigenvalue weighted by atomic mass is 10.2. The fourth-order valence-corrected chi connectivity index (χ4v) is 2.59. The summed E-state index contributed by atoms with van der Waals surface area (Å²) in [6, 6.07) is 7.31. The van der Waals surface area contributed by atoms with E-state index in [1.54, 1.807) is 24.2 Å². The van der Waals surface area contributed by atoms with E-state index in [-0.39, 0.29) is 11.7 Å². The molecule has 0 spiro atoms. The lowest BCUT2D eigenvalue weighted by Crippen LogP contribution is -2.32. The van der Waals surface area contributed by atoms with Crippen LogP contribution in [-0.4, -0.2) is 47.0 Å². The van der Waals surface area contributed by atoms with Gasteiger partial charge in [0.1, 0.15) is 5.75 Å². The molecule has 2 aromatic rings. The van der Waals surface area contributed by atoms with Gasteiger partial charge < -0.3 is 14.1 Å². The van der Waals surface area contributed by atoms with Gasteiger partial charge in [-0.2, -0.15) is 0 Å². The predicted molar refractivity (Wildman–Crippen MR) is 94.0 cm³/mol. The van der Waals surface area contributed by atoms with E-state index in [0.717, 1.165) is 11.3 Å². The van der Waals surface area contributed by atoms with Gasteiger partial charge in [-0.15, -0.1) is 23.4 Å². The normalized spacial score (nSPS) is 10.2. The Balaban J connectivity index is 1.96. The summed E-state index contributed by atoms with van der Waals surface area (Å²) >= 11 is 1.21. The summed E-state index contributed by atoms with van der Waals surface area (Å²) in [6.07, 6.45) is 3.36. The number of carbonyl (C=O) groups excluding carboxylic acids is 1. The van der Waals surface area contributed by atoms with Crippen LogP contribution in [0.25, 0.3) is 11.5 Å². The van der Waals surface area contributed by atoms with E-state index in [9.17, 15) is 4.79 Å². The van der Waals surface area contributed by atoms with E-state index >= 15 is 0 Å². The van der Waals surface area contributed by atoms with E-state index in [2.05, 4.69) is 23.4 Å². The second-order valence-electron chi connectivity index (χ2n) is 4.77. The van der Waals surface area contributed by atoms with Crippen LogP contribution in [0.15, 0.2) is 59.2 Å². The molecule has 0 bridgehead atoms. The molecule has 0 radical (unpaired) electrons. The maximum atomic E-state index is 12.1. The largest absolute Gasteiger partial charge is 0.497 e. The predicted octanol–water partition coefficient (Wildman–Crippen LogP) is 3.04. The van der Waals surface area contributed by atoms with Gasteiger partial charge in [0.15, 0.2) is 0 Å². The number of amides is 1. The van der Waals surface area contributed by atoms with Crippen LogP contribution in [-0.2, 0) is 4.79 Å². The van der Waals surface area contributed by atoms with Gasteiger partial charge >= 0.3 is 0 Å². The Labute approximate surface area is 145 Å². The first kappa shape index (κ1) is 17.8. The maximum Gasteiger partial charge on any atom is 0.277 e. The average molecular weight is 345 g/mol. The van der Waals surface area contributed by atoms with Gasteiger partial charge in [0.05, 0.1) is 12.9 Å². The Morgan fingerprint density at radius 2 is 1.92 bits per heavy atom. The molecule has 2 rings (SSSR count). The topological polar surface area (TPSA) is 68.5 Å². The van der Waals surface area contributed by atoms with Gasteiger partial charge in [0, 0.05) is 18.7 Å². The Morgan fingerprint density at radius 3 is 2.50 bits per heavy atom. The van der Waals surface area contributed by atoms with Crippen LogP contribution in [0.2, 0.25) is 0 Å². The second-order valence-corrected chi connectivity index (χ2v) is 5.69. The zero-order chi connectivity index (χ0) is 17.4. The third-order valence-corrected chi connectivity index (χ3v) is 3.92. The number of hydrogen-bond donors (Lipinski definition) is 0. The monoisotopic (exact) mass is 345 g/mol. The number of nitrogens with zero attached hydrogens (tertiary/aromatic N) is 3. The number of carbonyl (C=O) groups is 1. The quantitative estimate of drug-likeness (QED) is 0.514. The first-order chi connectivity index (χ1) is 11.7. The standard InChI is InChI=1S/C17H19N3O3S/c1-4-10-20(11-5-2)15(21)12-24-17-19-18-16(23-17)13-6-8-14(22-3)9-7-13/h4-9H,1-2,10-12H2,3H3. The molecule has 6 nitrogen and oxygen atoms in total. The van der Waals surface area contributed by atoms with Crippen LogP contribution in [0.1, 0.15) is 0 Å². The molecule has 0 aliphatic carbocycles. The highest BCUT2D eigenvalue weighted by atomic mass is 32.2. The van der Waals surface area contributed by atoms with Crippen molar-refractivity contribution in [3.63, 3.8) is 0 Å². The lowest BCUT2D eigenvalue weighted by Gasteiger charge is -2.18. The summed E-state index contributed by atoms with van der Waals surface area (Å²) in [5.41, 5.74) is 0.793. The second kappa shape index (κ2) is 8.93. The van der Waals surface area contributed by atoms with E-state index < -0.39 is 0 Å². The van der Waals surface area contributed by atoms with Crippen molar-refractivity contribution in [2.45, 2.75) is 5.22 Å². The third kappa shape index (κ3) is 4.73. The Morgan fingerprint density at radius 1 is 1.25 bits per heavy atom. The van der Waals surface area contributed by atoms with Gasteiger partial charge in [-0.05, 0) is 24.3 Å². The Kier molecular flexibility index (Phi) is 6.62. The molecule has 0 saturated heterocycles. The minimum Gasteiger partial charge on any atom is -0.497 e. The molecule has 0 saturated carbocycles. The van der Waals surface area contributed by atoms with Crippen molar-refractivity contribution >= 4 is 17.7 Å². The molecule has 0 N–H and O–H groups in total. The van der Waals surface area contributed by atoms with Crippen LogP contribution in [0.4, 0.5) is 0 Å².